The van der Waals surface area contributed by atoms with Crippen LogP contribution in [0.1, 0.15) is 51.5 Å². The van der Waals surface area contributed by atoms with Gasteiger partial charge in [0.05, 0.1) is 12.5 Å². The van der Waals surface area contributed by atoms with E-state index < -0.39 is 18.2 Å². The third-order valence-electron chi connectivity index (χ3n) is 4.79. The normalized spacial score (nSPS) is 21.9. The van der Waals surface area contributed by atoms with E-state index in [-0.39, 0.29) is 24.9 Å². The van der Waals surface area contributed by atoms with E-state index in [2.05, 4.69) is 22.9 Å². The predicted octanol–water partition coefficient (Wildman–Crippen LogP) is 4.27. The quantitative estimate of drug-likeness (QED) is 0.460. The average Bonchev–Trinajstić information content (AvgIpc) is 2.98. The predicted molar refractivity (Wildman–Crippen MR) is 107 cm³/mol. The molecule has 27 heavy (non-hydrogen) atoms. The van der Waals surface area contributed by atoms with Crippen molar-refractivity contribution in [1.29, 1.82) is 0 Å². The highest BCUT2D eigenvalue weighted by Gasteiger charge is 2.44. The minimum Gasteiger partial charge on any atom is -0.461 e. The third-order valence-corrected chi connectivity index (χ3v) is 5.32. The molecule has 2 unspecified atom stereocenters. The summed E-state index contributed by atoms with van der Waals surface area (Å²) in [7, 11) is 0. The Morgan fingerprint density at radius 2 is 2.07 bits per heavy atom. The number of carbonyl (C=O) groups is 2. The number of aliphatic hydroxyl groups is 1. The SMILES string of the molecule is CCCCC(CC)C(=O)OCC1(CO)C/C(=C/c2ccc(Br)cc2)C(=O)O1. The second-order valence-electron chi connectivity index (χ2n) is 6.98. The van der Waals surface area contributed by atoms with Gasteiger partial charge in [0.15, 0.2) is 5.60 Å². The molecule has 2 rings (SSSR count). The van der Waals surface area contributed by atoms with Crippen molar-refractivity contribution < 1.29 is 24.2 Å². The van der Waals surface area contributed by atoms with Gasteiger partial charge in [-0.2, -0.15) is 0 Å². The molecular formula is C21H27BrO5. The maximum Gasteiger partial charge on any atom is 0.334 e. The summed E-state index contributed by atoms with van der Waals surface area (Å²) in [6, 6.07) is 7.52. The van der Waals surface area contributed by atoms with Gasteiger partial charge in [0, 0.05) is 16.5 Å². The zero-order chi connectivity index (χ0) is 19.9. The van der Waals surface area contributed by atoms with Crippen molar-refractivity contribution in [3.63, 3.8) is 0 Å². The fourth-order valence-corrected chi connectivity index (χ4v) is 3.33. The van der Waals surface area contributed by atoms with Crippen molar-refractivity contribution in [2.45, 2.75) is 51.6 Å². The lowest BCUT2D eigenvalue weighted by Gasteiger charge is -2.25. The molecule has 1 aliphatic rings. The molecule has 0 aliphatic carbocycles. The fraction of sp³-hybridized carbons (Fsp3) is 0.524. The van der Waals surface area contributed by atoms with Crippen LogP contribution in [0.15, 0.2) is 34.3 Å². The van der Waals surface area contributed by atoms with Crippen LogP contribution >= 0.6 is 15.9 Å². The number of rotatable bonds is 9. The number of hydrogen-bond donors (Lipinski definition) is 1. The van der Waals surface area contributed by atoms with Crippen LogP contribution in [0.2, 0.25) is 0 Å². The highest BCUT2D eigenvalue weighted by Crippen LogP contribution is 2.33. The second kappa shape index (κ2) is 10.0. The van der Waals surface area contributed by atoms with Gasteiger partial charge in [0.1, 0.15) is 6.61 Å². The molecule has 1 aliphatic heterocycles. The fourth-order valence-electron chi connectivity index (χ4n) is 3.06. The monoisotopic (exact) mass is 438 g/mol. The zero-order valence-corrected chi connectivity index (χ0v) is 17.5. The topological polar surface area (TPSA) is 72.8 Å². The maximum atomic E-state index is 12.3. The number of benzene rings is 1. The molecule has 0 saturated carbocycles. The van der Waals surface area contributed by atoms with Crippen LogP contribution in [0.5, 0.6) is 0 Å². The lowest BCUT2D eigenvalue weighted by molar-refractivity contribution is -0.169. The van der Waals surface area contributed by atoms with Crippen LogP contribution in [-0.4, -0.2) is 35.9 Å². The maximum absolute atomic E-state index is 12.3. The summed E-state index contributed by atoms with van der Waals surface area (Å²) in [5.41, 5.74) is 0.124. The first kappa shape index (κ1) is 21.6. The smallest absolute Gasteiger partial charge is 0.334 e. The molecule has 0 radical (unpaired) electrons. The Labute approximate surface area is 168 Å². The number of aliphatic hydroxyl groups excluding tert-OH is 1. The number of carbonyl (C=O) groups excluding carboxylic acids is 2. The lowest BCUT2D eigenvalue weighted by Crippen LogP contribution is -2.40. The summed E-state index contributed by atoms with van der Waals surface area (Å²) in [5, 5.41) is 9.80. The standard InChI is InChI=1S/C21H27BrO5/c1-3-5-6-16(4-2)19(24)26-14-21(13-23)12-17(20(25)27-21)11-15-7-9-18(22)10-8-15/h7-11,16,23H,3-6,12-14H2,1-2H3/b17-11-. The highest BCUT2D eigenvalue weighted by atomic mass is 79.9. The van der Waals surface area contributed by atoms with Crippen molar-refractivity contribution in [1.82, 2.24) is 0 Å². The van der Waals surface area contributed by atoms with Gasteiger partial charge in [-0.1, -0.05) is 54.8 Å². The molecule has 1 N–H and O–H groups in total. The van der Waals surface area contributed by atoms with Crippen molar-refractivity contribution in [2.75, 3.05) is 13.2 Å². The summed E-state index contributed by atoms with van der Waals surface area (Å²) in [6.07, 6.45) is 5.42. The molecule has 1 saturated heterocycles. The van der Waals surface area contributed by atoms with Gasteiger partial charge in [-0.25, -0.2) is 4.79 Å². The van der Waals surface area contributed by atoms with E-state index in [9.17, 15) is 14.7 Å². The summed E-state index contributed by atoms with van der Waals surface area (Å²) >= 11 is 3.37. The number of ether oxygens (including phenoxy) is 2. The number of esters is 2. The van der Waals surface area contributed by atoms with Gasteiger partial charge in [-0.3, -0.25) is 4.79 Å². The van der Waals surface area contributed by atoms with Crippen LogP contribution < -0.4 is 0 Å². The summed E-state index contributed by atoms with van der Waals surface area (Å²) in [6.45, 7) is 3.51. The molecule has 1 aromatic rings. The lowest BCUT2D eigenvalue weighted by atomic mass is 9.97. The van der Waals surface area contributed by atoms with Crippen molar-refractivity contribution in [3.05, 3.63) is 39.9 Å². The molecule has 6 heteroatoms. The minimum atomic E-state index is -1.20. The largest absolute Gasteiger partial charge is 0.461 e. The first-order valence-electron chi connectivity index (χ1n) is 9.40. The first-order chi connectivity index (χ1) is 12.9. The van der Waals surface area contributed by atoms with E-state index in [1.165, 1.54) is 0 Å². The number of unbranched alkanes of at least 4 members (excludes halogenated alkanes) is 1. The van der Waals surface area contributed by atoms with Crippen molar-refractivity contribution in [2.24, 2.45) is 5.92 Å². The minimum absolute atomic E-state index is 0.131. The molecule has 2 atom stereocenters. The van der Waals surface area contributed by atoms with Gasteiger partial charge in [-0.05, 0) is 36.6 Å². The zero-order valence-electron chi connectivity index (χ0n) is 15.9. The average molecular weight is 439 g/mol. The summed E-state index contributed by atoms with van der Waals surface area (Å²) in [4.78, 5) is 24.6. The molecule has 1 fully saturated rings. The van der Waals surface area contributed by atoms with E-state index in [0.29, 0.717) is 12.0 Å². The Balaban J connectivity index is 2.03. The van der Waals surface area contributed by atoms with Crippen LogP contribution in [0, 0.1) is 5.92 Å². The molecule has 148 valence electrons. The Hall–Kier alpha value is -1.66. The Kier molecular flexibility index (Phi) is 8.05. The molecule has 0 amide bonds. The van der Waals surface area contributed by atoms with Crippen LogP contribution in [0.4, 0.5) is 0 Å². The van der Waals surface area contributed by atoms with E-state index >= 15 is 0 Å². The van der Waals surface area contributed by atoms with Gasteiger partial charge >= 0.3 is 11.9 Å². The van der Waals surface area contributed by atoms with E-state index in [0.717, 1.165) is 29.3 Å². The Morgan fingerprint density at radius 3 is 2.67 bits per heavy atom. The van der Waals surface area contributed by atoms with Gasteiger partial charge < -0.3 is 14.6 Å². The number of hydrogen-bond acceptors (Lipinski definition) is 5. The van der Waals surface area contributed by atoms with E-state index in [1.54, 1.807) is 6.08 Å². The van der Waals surface area contributed by atoms with Crippen LogP contribution in [0.25, 0.3) is 6.08 Å². The number of cyclic esters (lactones) is 1. The highest BCUT2D eigenvalue weighted by molar-refractivity contribution is 9.10. The molecule has 0 bridgehead atoms. The Morgan fingerprint density at radius 1 is 1.37 bits per heavy atom. The van der Waals surface area contributed by atoms with Gasteiger partial charge in [-0.15, -0.1) is 0 Å². The molecule has 0 spiro atoms. The van der Waals surface area contributed by atoms with Crippen molar-refractivity contribution >= 4 is 33.9 Å². The molecule has 1 aromatic carbocycles. The number of halogens is 1. The Bertz CT molecular complexity index is 682. The first-order valence-corrected chi connectivity index (χ1v) is 10.2. The van der Waals surface area contributed by atoms with E-state index in [4.69, 9.17) is 9.47 Å². The van der Waals surface area contributed by atoms with Gasteiger partial charge in [0.2, 0.25) is 0 Å². The van der Waals surface area contributed by atoms with Crippen molar-refractivity contribution in [3.8, 4) is 0 Å². The van der Waals surface area contributed by atoms with E-state index in [1.807, 2.05) is 31.2 Å². The summed E-state index contributed by atoms with van der Waals surface area (Å²) < 4.78 is 11.8. The van der Waals surface area contributed by atoms with Gasteiger partial charge in [0.25, 0.3) is 0 Å². The third kappa shape index (κ3) is 5.91. The molecular weight excluding hydrogens is 412 g/mol. The second-order valence-corrected chi connectivity index (χ2v) is 7.90. The molecule has 1 heterocycles. The summed E-state index contributed by atoms with van der Waals surface area (Å²) in [5.74, 6) is -0.934. The molecule has 0 aromatic heterocycles. The van der Waals surface area contributed by atoms with Crippen LogP contribution in [-0.2, 0) is 19.1 Å². The molecule has 5 nitrogen and oxygen atoms in total. The van der Waals surface area contributed by atoms with Crippen LogP contribution in [0.3, 0.4) is 0 Å².